The monoisotopic (exact) mass is 259 g/mol. The summed E-state index contributed by atoms with van der Waals surface area (Å²) in [5, 5.41) is 2.66. The molecule has 1 heterocycles. The lowest BCUT2D eigenvalue weighted by atomic mass is 9.95. The third-order valence-electron chi connectivity index (χ3n) is 3.73. The van der Waals surface area contributed by atoms with Crippen molar-refractivity contribution in [3.63, 3.8) is 0 Å². The number of nitrogens with one attached hydrogen (secondary N) is 1. The first kappa shape index (κ1) is 14.8. The van der Waals surface area contributed by atoms with Gasteiger partial charge in [0.05, 0.1) is 0 Å². The zero-order valence-corrected chi connectivity index (χ0v) is 11.8. The van der Waals surface area contributed by atoms with Crippen LogP contribution in [0.2, 0.25) is 0 Å². The number of hydrogen-bond acceptors (Lipinski definition) is 4. The van der Waals surface area contributed by atoms with E-state index in [-0.39, 0.29) is 5.91 Å². The molecule has 0 saturated carbocycles. The first-order valence-corrected chi connectivity index (χ1v) is 7.56. The average Bonchev–Trinajstić information content (AvgIpc) is 2.39. The highest BCUT2D eigenvalue weighted by atomic mass is 32.2. The molecule has 1 rings (SSSR count). The summed E-state index contributed by atoms with van der Waals surface area (Å²) in [6.07, 6.45) is 6.09. The highest BCUT2D eigenvalue weighted by molar-refractivity contribution is 8.00. The number of amides is 1. The lowest BCUT2D eigenvalue weighted by Crippen LogP contribution is -2.46. The average molecular weight is 259 g/mol. The van der Waals surface area contributed by atoms with Crippen LogP contribution in [0.1, 0.15) is 25.7 Å². The van der Waals surface area contributed by atoms with Crippen molar-refractivity contribution in [3.8, 4) is 0 Å². The standard InChI is InChI=1S/C12H25N3OS/c1-14-11(16)4-3-7-15-8-5-12(10-13,17-2)6-9-15/h3-10,13H2,1-2H3,(H,14,16). The van der Waals surface area contributed by atoms with Crippen LogP contribution in [0.25, 0.3) is 0 Å². The molecule has 3 N–H and O–H groups in total. The summed E-state index contributed by atoms with van der Waals surface area (Å²) in [5.74, 6) is 0.141. The van der Waals surface area contributed by atoms with E-state index in [0.717, 1.165) is 32.6 Å². The van der Waals surface area contributed by atoms with Crippen molar-refractivity contribution in [1.29, 1.82) is 0 Å². The number of hydrogen-bond donors (Lipinski definition) is 2. The maximum atomic E-state index is 11.1. The first-order chi connectivity index (χ1) is 8.15. The van der Waals surface area contributed by atoms with Crippen LogP contribution in [0.5, 0.6) is 0 Å². The van der Waals surface area contributed by atoms with Crippen molar-refractivity contribution < 1.29 is 4.79 Å². The molecule has 1 aliphatic rings. The van der Waals surface area contributed by atoms with E-state index < -0.39 is 0 Å². The second-order valence-electron chi connectivity index (χ2n) is 4.71. The molecule has 0 atom stereocenters. The number of likely N-dealkylation sites (tertiary alicyclic amines) is 1. The second-order valence-corrected chi connectivity index (χ2v) is 5.98. The zero-order valence-electron chi connectivity index (χ0n) is 11.0. The molecule has 1 fully saturated rings. The van der Waals surface area contributed by atoms with Gasteiger partial charge < -0.3 is 16.0 Å². The van der Waals surface area contributed by atoms with E-state index in [1.54, 1.807) is 7.05 Å². The van der Waals surface area contributed by atoms with Crippen LogP contribution in [0.15, 0.2) is 0 Å². The molecule has 0 bridgehead atoms. The van der Waals surface area contributed by atoms with E-state index in [9.17, 15) is 4.79 Å². The number of carbonyl (C=O) groups excluding carboxylic acids is 1. The SMILES string of the molecule is CNC(=O)CCCN1CCC(CN)(SC)CC1. The highest BCUT2D eigenvalue weighted by Crippen LogP contribution is 2.33. The van der Waals surface area contributed by atoms with E-state index in [0.29, 0.717) is 11.2 Å². The van der Waals surface area contributed by atoms with Gasteiger partial charge >= 0.3 is 0 Å². The number of carbonyl (C=O) groups is 1. The quantitative estimate of drug-likeness (QED) is 0.736. The molecule has 17 heavy (non-hydrogen) atoms. The van der Waals surface area contributed by atoms with E-state index in [4.69, 9.17) is 5.73 Å². The number of piperidine rings is 1. The Balaban J connectivity index is 2.21. The molecular weight excluding hydrogens is 234 g/mol. The van der Waals surface area contributed by atoms with E-state index >= 15 is 0 Å². The van der Waals surface area contributed by atoms with Crippen molar-refractivity contribution >= 4 is 17.7 Å². The number of nitrogens with zero attached hydrogens (tertiary/aromatic N) is 1. The normalized spacial score (nSPS) is 20.2. The topological polar surface area (TPSA) is 58.4 Å². The van der Waals surface area contributed by atoms with Gasteiger partial charge in [0, 0.05) is 24.8 Å². The molecule has 0 radical (unpaired) electrons. The first-order valence-electron chi connectivity index (χ1n) is 6.34. The summed E-state index contributed by atoms with van der Waals surface area (Å²) in [6.45, 7) is 4.04. The number of nitrogens with two attached hydrogens (primary N) is 1. The smallest absolute Gasteiger partial charge is 0.219 e. The molecule has 4 nitrogen and oxygen atoms in total. The summed E-state index contributed by atoms with van der Waals surface area (Å²) in [4.78, 5) is 13.6. The van der Waals surface area contributed by atoms with Gasteiger partial charge in [-0.1, -0.05) is 0 Å². The fourth-order valence-corrected chi connectivity index (χ4v) is 3.02. The van der Waals surface area contributed by atoms with Gasteiger partial charge in [-0.2, -0.15) is 11.8 Å². The van der Waals surface area contributed by atoms with Crippen LogP contribution in [-0.4, -0.2) is 55.0 Å². The van der Waals surface area contributed by atoms with Gasteiger partial charge in [-0.05, 0) is 45.2 Å². The van der Waals surface area contributed by atoms with Gasteiger partial charge in [0.25, 0.3) is 0 Å². The molecule has 5 heteroatoms. The molecule has 1 aliphatic heterocycles. The fourth-order valence-electron chi connectivity index (χ4n) is 2.26. The Morgan fingerprint density at radius 1 is 1.47 bits per heavy atom. The van der Waals surface area contributed by atoms with E-state index in [1.807, 2.05) is 11.8 Å². The van der Waals surface area contributed by atoms with Gasteiger partial charge in [0.2, 0.25) is 5.91 Å². The van der Waals surface area contributed by atoms with Gasteiger partial charge in [0.15, 0.2) is 0 Å². The molecule has 1 amide bonds. The summed E-state index contributed by atoms with van der Waals surface area (Å²) in [5.41, 5.74) is 5.86. The summed E-state index contributed by atoms with van der Waals surface area (Å²) >= 11 is 1.91. The Bertz CT molecular complexity index is 234. The maximum absolute atomic E-state index is 11.1. The third-order valence-corrected chi connectivity index (χ3v) is 5.17. The van der Waals surface area contributed by atoms with Crippen molar-refractivity contribution in [1.82, 2.24) is 10.2 Å². The molecule has 0 aliphatic carbocycles. The Kier molecular flexibility index (Phi) is 6.30. The van der Waals surface area contributed by atoms with E-state index in [1.165, 1.54) is 12.8 Å². The summed E-state index contributed by atoms with van der Waals surface area (Å²) in [6, 6.07) is 0. The Hall–Kier alpha value is -0.260. The van der Waals surface area contributed by atoms with E-state index in [2.05, 4.69) is 16.5 Å². The largest absolute Gasteiger partial charge is 0.359 e. The molecule has 0 aromatic carbocycles. The van der Waals surface area contributed by atoms with Crippen molar-refractivity contribution in [2.45, 2.75) is 30.4 Å². The third kappa shape index (κ3) is 4.48. The molecular formula is C12H25N3OS. The van der Waals surface area contributed by atoms with Crippen LogP contribution < -0.4 is 11.1 Å². The molecule has 0 spiro atoms. The van der Waals surface area contributed by atoms with Crippen LogP contribution >= 0.6 is 11.8 Å². The van der Waals surface area contributed by atoms with Gasteiger partial charge in [-0.15, -0.1) is 0 Å². The Labute approximate surface area is 109 Å². The molecule has 0 unspecified atom stereocenters. The highest BCUT2D eigenvalue weighted by Gasteiger charge is 2.32. The minimum Gasteiger partial charge on any atom is -0.359 e. The predicted molar refractivity (Wildman–Crippen MR) is 74.3 cm³/mol. The van der Waals surface area contributed by atoms with Crippen LogP contribution in [0.3, 0.4) is 0 Å². The fraction of sp³-hybridized carbons (Fsp3) is 0.917. The lowest BCUT2D eigenvalue weighted by Gasteiger charge is -2.40. The second kappa shape index (κ2) is 7.24. The minimum absolute atomic E-state index is 0.141. The molecule has 100 valence electrons. The molecule has 0 aromatic heterocycles. The minimum atomic E-state index is 0.141. The van der Waals surface area contributed by atoms with Crippen LogP contribution in [0, 0.1) is 0 Å². The zero-order chi connectivity index (χ0) is 12.7. The van der Waals surface area contributed by atoms with Crippen molar-refractivity contribution in [2.24, 2.45) is 5.73 Å². The predicted octanol–water partition coefficient (Wildman–Crippen LogP) is 0.669. The van der Waals surface area contributed by atoms with Crippen molar-refractivity contribution in [3.05, 3.63) is 0 Å². The Morgan fingerprint density at radius 2 is 2.12 bits per heavy atom. The lowest BCUT2D eigenvalue weighted by molar-refractivity contribution is -0.120. The van der Waals surface area contributed by atoms with Gasteiger partial charge in [-0.25, -0.2) is 0 Å². The Morgan fingerprint density at radius 3 is 2.59 bits per heavy atom. The summed E-state index contributed by atoms with van der Waals surface area (Å²) < 4.78 is 0.303. The molecule has 1 saturated heterocycles. The summed E-state index contributed by atoms with van der Waals surface area (Å²) in [7, 11) is 1.69. The van der Waals surface area contributed by atoms with Crippen LogP contribution in [0.4, 0.5) is 0 Å². The molecule has 0 aromatic rings. The van der Waals surface area contributed by atoms with Crippen molar-refractivity contribution in [2.75, 3.05) is 39.5 Å². The maximum Gasteiger partial charge on any atom is 0.219 e. The number of rotatable bonds is 6. The number of thioether (sulfide) groups is 1. The van der Waals surface area contributed by atoms with Gasteiger partial charge in [-0.3, -0.25) is 4.79 Å². The van der Waals surface area contributed by atoms with Crippen LogP contribution in [-0.2, 0) is 4.79 Å². The van der Waals surface area contributed by atoms with Gasteiger partial charge in [0.1, 0.15) is 0 Å².